The van der Waals surface area contributed by atoms with Crippen LogP contribution in [0.25, 0.3) is 0 Å². The maximum absolute atomic E-state index is 6.16. The number of anilines is 1. The van der Waals surface area contributed by atoms with Crippen molar-refractivity contribution in [1.29, 1.82) is 0 Å². The standard InChI is InChI=1S/C23H23BrClNO2/c1-15-7-8-19(11-16(15)2)26-13-20-21(24)9-10-22(27-3)23(20)28-14-17-5-4-6-18(25)12-17/h4-12,26H,13-14H2,1-3H3. The first-order chi connectivity index (χ1) is 13.5. The van der Waals surface area contributed by atoms with E-state index in [-0.39, 0.29) is 0 Å². The molecule has 0 fully saturated rings. The highest BCUT2D eigenvalue weighted by Gasteiger charge is 2.15. The van der Waals surface area contributed by atoms with Crippen molar-refractivity contribution in [1.82, 2.24) is 0 Å². The number of hydrogen-bond acceptors (Lipinski definition) is 3. The minimum absolute atomic E-state index is 0.407. The van der Waals surface area contributed by atoms with Crippen molar-refractivity contribution in [3.05, 3.63) is 86.3 Å². The zero-order valence-electron chi connectivity index (χ0n) is 16.2. The fourth-order valence-electron chi connectivity index (χ4n) is 2.89. The van der Waals surface area contributed by atoms with Crippen molar-refractivity contribution in [3.8, 4) is 11.5 Å². The zero-order chi connectivity index (χ0) is 20.1. The highest BCUT2D eigenvalue weighted by molar-refractivity contribution is 9.10. The summed E-state index contributed by atoms with van der Waals surface area (Å²) in [6.45, 7) is 5.23. The van der Waals surface area contributed by atoms with Gasteiger partial charge in [-0.3, -0.25) is 0 Å². The van der Waals surface area contributed by atoms with Crippen LogP contribution in [0, 0.1) is 13.8 Å². The van der Waals surface area contributed by atoms with Crippen LogP contribution in [0.4, 0.5) is 5.69 Å². The summed E-state index contributed by atoms with van der Waals surface area (Å²) in [6.07, 6.45) is 0. The topological polar surface area (TPSA) is 30.5 Å². The van der Waals surface area contributed by atoms with Crippen LogP contribution in [-0.4, -0.2) is 7.11 Å². The number of nitrogens with one attached hydrogen (secondary N) is 1. The van der Waals surface area contributed by atoms with Gasteiger partial charge in [-0.2, -0.15) is 0 Å². The van der Waals surface area contributed by atoms with Gasteiger partial charge in [-0.05, 0) is 66.9 Å². The van der Waals surface area contributed by atoms with Gasteiger partial charge in [-0.25, -0.2) is 0 Å². The maximum atomic E-state index is 6.16. The molecule has 0 amide bonds. The predicted molar refractivity (Wildman–Crippen MR) is 120 cm³/mol. The van der Waals surface area contributed by atoms with Gasteiger partial charge in [0.2, 0.25) is 0 Å². The molecule has 3 nitrogen and oxygen atoms in total. The van der Waals surface area contributed by atoms with Crippen molar-refractivity contribution in [3.63, 3.8) is 0 Å². The van der Waals surface area contributed by atoms with Crippen molar-refractivity contribution < 1.29 is 9.47 Å². The van der Waals surface area contributed by atoms with Crippen molar-refractivity contribution in [2.75, 3.05) is 12.4 Å². The predicted octanol–water partition coefficient (Wildman–Crippen LogP) is 6.92. The zero-order valence-corrected chi connectivity index (χ0v) is 18.5. The number of ether oxygens (including phenoxy) is 2. The first kappa shape index (κ1) is 20.6. The van der Waals surface area contributed by atoms with E-state index in [0.29, 0.717) is 29.7 Å². The van der Waals surface area contributed by atoms with Crippen LogP contribution in [0.2, 0.25) is 5.02 Å². The largest absolute Gasteiger partial charge is 0.493 e. The molecule has 0 atom stereocenters. The van der Waals surface area contributed by atoms with Crippen molar-refractivity contribution >= 4 is 33.2 Å². The molecule has 0 radical (unpaired) electrons. The smallest absolute Gasteiger partial charge is 0.167 e. The van der Waals surface area contributed by atoms with Gasteiger partial charge in [-0.15, -0.1) is 0 Å². The Balaban J connectivity index is 1.83. The Morgan fingerprint density at radius 1 is 1.00 bits per heavy atom. The number of halogens is 2. The van der Waals surface area contributed by atoms with E-state index in [4.69, 9.17) is 21.1 Å². The lowest BCUT2D eigenvalue weighted by molar-refractivity contribution is 0.281. The SMILES string of the molecule is COc1ccc(Br)c(CNc2ccc(C)c(C)c2)c1OCc1cccc(Cl)c1. The van der Waals surface area contributed by atoms with Gasteiger partial charge >= 0.3 is 0 Å². The quantitative estimate of drug-likeness (QED) is 0.415. The summed E-state index contributed by atoms with van der Waals surface area (Å²) in [5.41, 5.74) is 5.60. The molecule has 0 saturated carbocycles. The van der Waals surface area contributed by atoms with Gasteiger partial charge in [0, 0.05) is 27.3 Å². The first-order valence-electron chi connectivity index (χ1n) is 9.01. The molecule has 0 spiro atoms. The normalized spacial score (nSPS) is 10.6. The van der Waals surface area contributed by atoms with Crippen LogP contribution in [-0.2, 0) is 13.2 Å². The second kappa shape index (κ2) is 9.35. The lowest BCUT2D eigenvalue weighted by Crippen LogP contribution is -2.06. The average molecular weight is 461 g/mol. The Hall–Kier alpha value is -2.17. The molecule has 0 aromatic heterocycles. The first-order valence-corrected chi connectivity index (χ1v) is 10.2. The minimum Gasteiger partial charge on any atom is -0.493 e. The highest BCUT2D eigenvalue weighted by Crippen LogP contribution is 2.37. The lowest BCUT2D eigenvalue weighted by Gasteiger charge is -2.18. The Labute approximate surface area is 179 Å². The van der Waals surface area contributed by atoms with Crippen LogP contribution in [0.5, 0.6) is 11.5 Å². The van der Waals surface area contributed by atoms with E-state index in [1.165, 1.54) is 11.1 Å². The summed E-state index contributed by atoms with van der Waals surface area (Å²) in [4.78, 5) is 0. The number of benzene rings is 3. The van der Waals surface area contributed by atoms with E-state index in [0.717, 1.165) is 21.3 Å². The maximum Gasteiger partial charge on any atom is 0.167 e. The van der Waals surface area contributed by atoms with Gasteiger partial charge in [0.25, 0.3) is 0 Å². The summed E-state index contributed by atoms with van der Waals surface area (Å²) >= 11 is 9.74. The van der Waals surface area contributed by atoms with Gasteiger partial charge in [0.05, 0.1) is 7.11 Å². The Kier molecular flexibility index (Phi) is 6.87. The average Bonchev–Trinajstić information content (AvgIpc) is 2.68. The monoisotopic (exact) mass is 459 g/mol. The third kappa shape index (κ3) is 5.00. The molecule has 1 N–H and O–H groups in total. The van der Waals surface area contributed by atoms with Crippen molar-refractivity contribution in [2.24, 2.45) is 0 Å². The molecular formula is C23H23BrClNO2. The van der Waals surface area contributed by atoms with Gasteiger partial charge in [0.1, 0.15) is 6.61 Å². The molecular weight excluding hydrogens is 438 g/mol. The van der Waals surface area contributed by atoms with E-state index in [1.807, 2.05) is 36.4 Å². The van der Waals surface area contributed by atoms with Crippen LogP contribution >= 0.6 is 27.5 Å². The molecule has 0 bridgehead atoms. The van der Waals surface area contributed by atoms with E-state index in [1.54, 1.807) is 7.11 Å². The Morgan fingerprint density at radius 2 is 1.82 bits per heavy atom. The molecule has 0 aliphatic rings. The molecule has 3 aromatic carbocycles. The molecule has 3 rings (SSSR count). The van der Waals surface area contributed by atoms with Crippen molar-refractivity contribution in [2.45, 2.75) is 27.0 Å². The summed E-state index contributed by atoms with van der Waals surface area (Å²) in [5.74, 6) is 1.41. The fourth-order valence-corrected chi connectivity index (χ4v) is 3.56. The molecule has 28 heavy (non-hydrogen) atoms. The van der Waals surface area contributed by atoms with Crippen LogP contribution in [0.15, 0.2) is 59.1 Å². The summed E-state index contributed by atoms with van der Waals surface area (Å²) in [5, 5.41) is 4.18. The molecule has 3 aromatic rings. The Morgan fingerprint density at radius 3 is 2.54 bits per heavy atom. The second-order valence-electron chi connectivity index (χ2n) is 6.63. The third-order valence-electron chi connectivity index (χ3n) is 4.64. The minimum atomic E-state index is 0.407. The lowest BCUT2D eigenvalue weighted by atomic mass is 10.1. The van der Waals surface area contributed by atoms with Crippen LogP contribution < -0.4 is 14.8 Å². The van der Waals surface area contributed by atoms with Gasteiger partial charge < -0.3 is 14.8 Å². The number of aryl methyl sites for hydroxylation is 2. The van der Waals surface area contributed by atoms with Crippen LogP contribution in [0.1, 0.15) is 22.3 Å². The fraction of sp³-hybridized carbons (Fsp3) is 0.217. The van der Waals surface area contributed by atoms with E-state index in [9.17, 15) is 0 Å². The summed E-state index contributed by atoms with van der Waals surface area (Å²) in [7, 11) is 1.65. The van der Waals surface area contributed by atoms with Crippen LogP contribution in [0.3, 0.4) is 0 Å². The molecule has 0 heterocycles. The molecule has 146 valence electrons. The molecule has 0 aliphatic carbocycles. The molecule has 0 unspecified atom stereocenters. The third-order valence-corrected chi connectivity index (χ3v) is 5.61. The van der Waals surface area contributed by atoms with E-state index >= 15 is 0 Å². The number of rotatable bonds is 7. The number of methoxy groups -OCH3 is 1. The molecule has 5 heteroatoms. The summed E-state index contributed by atoms with van der Waals surface area (Å²) in [6, 6.07) is 17.9. The second-order valence-corrected chi connectivity index (χ2v) is 7.92. The number of hydrogen-bond donors (Lipinski definition) is 1. The molecule has 0 saturated heterocycles. The van der Waals surface area contributed by atoms with E-state index in [2.05, 4.69) is 53.3 Å². The highest BCUT2D eigenvalue weighted by atomic mass is 79.9. The van der Waals surface area contributed by atoms with E-state index < -0.39 is 0 Å². The summed E-state index contributed by atoms with van der Waals surface area (Å²) < 4.78 is 12.7. The van der Waals surface area contributed by atoms with Gasteiger partial charge in [-0.1, -0.05) is 45.7 Å². The van der Waals surface area contributed by atoms with Gasteiger partial charge in [0.15, 0.2) is 11.5 Å². The Bertz CT molecular complexity index is 975. The molecule has 0 aliphatic heterocycles.